The van der Waals surface area contributed by atoms with Gasteiger partial charge in [0, 0.05) is 13.0 Å². The lowest BCUT2D eigenvalue weighted by Gasteiger charge is -2.35. The van der Waals surface area contributed by atoms with Gasteiger partial charge in [0.1, 0.15) is 10.1 Å². The molecule has 0 aromatic heterocycles. The van der Waals surface area contributed by atoms with E-state index in [9.17, 15) is 13.0 Å². The molecule has 6 heteroatoms. The number of aryl methyl sites for hydroxylation is 1. The molecule has 5 nitrogen and oxygen atoms in total. The Kier molecular flexibility index (Phi) is 16.2. The molecule has 0 heterocycles. The van der Waals surface area contributed by atoms with E-state index in [2.05, 4.69) is 20.9 Å². The van der Waals surface area contributed by atoms with Crippen molar-refractivity contribution in [1.29, 1.82) is 0 Å². The Morgan fingerprint density at radius 2 is 1.23 bits per heavy atom. The van der Waals surface area contributed by atoms with Crippen LogP contribution < -0.4 is 0 Å². The maximum Gasteiger partial charge on any atom is 0.124 e. The van der Waals surface area contributed by atoms with Gasteiger partial charge in [-0.25, -0.2) is 8.42 Å². The molecule has 0 spiro atoms. The fourth-order valence-corrected chi connectivity index (χ4v) is 3.98. The maximum atomic E-state index is 10.4. The van der Waals surface area contributed by atoms with Crippen LogP contribution in [-0.4, -0.2) is 55.8 Å². The zero-order chi connectivity index (χ0) is 22.9. The van der Waals surface area contributed by atoms with Crippen LogP contribution in [0.3, 0.4) is 0 Å². The van der Waals surface area contributed by atoms with Gasteiger partial charge in [-0.05, 0) is 44.7 Å². The molecule has 0 fully saturated rings. The summed E-state index contributed by atoms with van der Waals surface area (Å²) in [5, 5.41) is 9.06. The molecule has 0 radical (unpaired) electrons. The van der Waals surface area contributed by atoms with Gasteiger partial charge < -0.3 is 14.1 Å². The van der Waals surface area contributed by atoms with Crippen molar-refractivity contribution in [3.05, 3.63) is 29.8 Å². The van der Waals surface area contributed by atoms with Crippen molar-refractivity contribution >= 4 is 10.1 Å². The zero-order valence-corrected chi connectivity index (χ0v) is 20.6. The maximum absolute atomic E-state index is 10.4. The van der Waals surface area contributed by atoms with E-state index >= 15 is 0 Å². The molecule has 0 aliphatic rings. The monoisotopic (exact) mass is 443 g/mol. The third-order valence-corrected chi connectivity index (χ3v) is 6.37. The van der Waals surface area contributed by atoms with Crippen molar-refractivity contribution in [2.24, 2.45) is 0 Å². The molecule has 1 aromatic rings. The molecule has 1 atom stereocenters. The van der Waals surface area contributed by atoms with Gasteiger partial charge >= 0.3 is 0 Å². The molecular formula is C24H45NO4S. The predicted octanol–water partition coefficient (Wildman–Crippen LogP) is 5.27. The quantitative estimate of drug-likeness (QED) is 0.228. The van der Waals surface area contributed by atoms with Crippen molar-refractivity contribution < 1.29 is 22.6 Å². The fourth-order valence-electron chi connectivity index (χ4n) is 3.51. The molecule has 0 amide bonds. The fraction of sp³-hybridized carbons (Fsp3) is 0.750. The molecule has 0 aliphatic heterocycles. The lowest BCUT2D eigenvalue weighted by molar-refractivity contribution is -0.910. The highest BCUT2D eigenvalue weighted by atomic mass is 32.2. The molecule has 0 bridgehead atoms. The molecule has 0 saturated heterocycles. The van der Waals surface area contributed by atoms with Gasteiger partial charge in [-0.1, -0.05) is 63.6 Å². The van der Waals surface area contributed by atoms with Crippen molar-refractivity contribution in [2.45, 2.75) is 89.9 Å². The molecule has 1 unspecified atom stereocenters. The Balaban J connectivity index is 0.000000642. The summed E-state index contributed by atoms with van der Waals surface area (Å²) >= 11 is 0. The number of benzene rings is 1. The third kappa shape index (κ3) is 14.9. The number of rotatable bonds is 15. The lowest BCUT2D eigenvalue weighted by atomic mass is 10.1. The highest BCUT2D eigenvalue weighted by Gasteiger charge is 2.19. The first kappa shape index (κ1) is 29.1. The highest BCUT2D eigenvalue weighted by Crippen LogP contribution is 2.13. The molecule has 1 N–H and O–H groups in total. The van der Waals surface area contributed by atoms with Crippen molar-refractivity contribution in [2.75, 3.05) is 33.3 Å². The Labute approximate surface area is 185 Å². The number of unbranched alkanes of at least 4 members (excludes halogenated alkanes) is 7. The third-order valence-electron chi connectivity index (χ3n) is 5.52. The van der Waals surface area contributed by atoms with E-state index in [0.29, 0.717) is 6.61 Å². The largest absolute Gasteiger partial charge is 0.744 e. The van der Waals surface area contributed by atoms with Crippen LogP contribution in [-0.2, 0) is 10.1 Å². The zero-order valence-electron chi connectivity index (χ0n) is 19.7. The number of aliphatic hydroxyl groups is 1. The first-order valence-electron chi connectivity index (χ1n) is 11.7. The minimum atomic E-state index is -4.27. The van der Waals surface area contributed by atoms with E-state index in [4.69, 9.17) is 5.11 Å². The summed E-state index contributed by atoms with van der Waals surface area (Å²) in [6.07, 6.45) is 13.2. The first-order chi connectivity index (χ1) is 14.2. The van der Waals surface area contributed by atoms with Crippen molar-refractivity contribution in [3.63, 3.8) is 0 Å². The van der Waals surface area contributed by atoms with E-state index < -0.39 is 10.1 Å². The summed E-state index contributed by atoms with van der Waals surface area (Å²) in [6, 6.07) is 5.78. The van der Waals surface area contributed by atoms with Crippen LogP contribution in [0.25, 0.3) is 0 Å². The van der Waals surface area contributed by atoms with E-state index in [1.54, 1.807) is 12.1 Å². The van der Waals surface area contributed by atoms with E-state index in [1.807, 2.05) is 6.92 Å². The summed E-state index contributed by atoms with van der Waals surface area (Å²) in [7, 11) is -1.88. The molecule has 1 rings (SSSR count). The predicted molar refractivity (Wildman–Crippen MR) is 125 cm³/mol. The second kappa shape index (κ2) is 16.7. The standard InChI is InChI=1S/C17H38NO.C7H8O3S/c1-4-6-8-9-10-12-15-18(3,16-13-17-19)14-11-7-5-2;1-6-2-4-7(5-3-6)11(8,9)10/h19H,4-17H2,1-3H3;2-5H,1H3,(H,8,9,10)/q+1;/p-1. The van der Waals surface area contributed by atoms with Gasteiger partial charge in [0.2, 0.25) is 0 Å². The van der Waals surface area contributed by atoms with Crippen LogP contribution in [0.15, 0.2) is 29.2 Å². The second-order valence-electron chi connectivity index (χ2n) is 8.61. The average Bonchev–Trinajstić information content (AvgIpc) is 2.69. The van der Waals surface area contributed by atoms with Gasteiger partial charge in [0.15, 0.2) is 0 Å². The van der Waals surface area contributed by atoms with E-state index in [-0.39, 0.29) is 4.90 Å². The van der Waals surface area contributed by atoms with Gasteiger partial charge in [-0.15, -0.1) is 0 Å². The number of nitrogens with zero attached hydrogens (tertiary/aromatic N) is 1. The van der Waals surface area contributed by atoms with Gasteiger partial charge in [0.05, 0.1) is 31.6 Å². The summed E-state index contributed by atoms with van der Waals surface area (Å²) in [6.45, 7) is 10.5. The summed E-state index contributed by atoms with van der Waals surface area (Å²) < 4.78 is 32.3. The van der Waals surface area contributed by atoms with Crippen LogP contribution in [0.5, 0.6) is 0 Å². The van der Waals surface area contributed by atoms with Crippen LogP contribution in [0.2, 0.25) is 0 Å². The molecule has 0 saturated carbocycles. The second-order valence-corrected chi connectivity index (χ2v) is 9.99. The van der Waals surface area contributed by atoms with Gasteiger partial charge in [-0.3, -0.25) is 0 Å². The van der Waals surface area contributed by atoms with Crippen LogP contribution >= 0.6 is 0 Å². The summed E-state index contributed by atoms with van der Waals surface area (Å²) in [4.78, 5) is -0.178. The minimum absolute atomic E-state index is 0.178. The Morgan fingerprint density at radius 1 is 0.800 bits per heavy atom. The normalized spacial score (nSPS) is 13.4. The Bertz CT molecular complexity index is 631. The molecule has 30 heavy (non-hydrogen) atoms. The van der Waals surface area contributed by atoms with Gasteiger partial charge in [-0.2, -0.15) is 0 Å². The smallest absolute Gasteiger partial charge is 0.124 e. The average molecular weight is 444 g/mol. The van der Waals surface area contributed by atoms with E-state index in [0.717, 1.165) is 18.5 Å². The lowest BCUT2D eigenvalue weighted by Crippen LogP contribution is -2.46. The topological polar surface area (TPSA) is 77.4 Å². The number of quaternary nitrogens is 1. The van der Waals surface area contributed by atoms with Crippen LogP contribution in [0.1, 0.15) is 83.6 Å². The van der Waals surface area contributed by atoms with Crippen LogP contribution in [0, 0.1) is 6.92 Å². The number of hydrogen-bond donors (Lipinski definition) is 1. The number of aliphatic hydroxyl groups excluding tert-OH is 1. The molecule has 0 aliphatic carbocycles. The summed E-state index contributed by atoms with van der Waals surface area (Å²) in [5.41, 5.74) is 0.928. The minimum Gasteiger partial charge on any atom is -0.744 e. The Morgan fingerprint density at radius 3 is 1.73 bits per heavy atom. The Hall–Kier alpha value is -0.950. The van der Waals surface area contributed by atoms with Crippen molar-refractivity contribution in [3.8, 4) is 0 Å². The number of hydrogen-bond acceptors (Lipinski definition) is 4. The van der Waals surface area contributed by atoms with Crippen LogP contribution in [0.4, 0.5) is 0 Å². The first-order valence-corrected chi connectivity index (χ1v) is 13.1. The molecule has 1 aromatic carbocycles. The molecule has 176 valence electrons. The van der Waals surface area contributed by atoms with E-state index in [1.165, 1.54) is 87.5 Å². The SMILES string of the molecule is CCCCCCCC[N+](C)(CCCO)CCCCC.Cc1ccc(S(=O)(=O)[O-])cc1. The van der Waals surface area contributed by atoms with Gasteiger partial charge in [0.25, 0.3) is 0 Å². The molecular weight excluding hydrogens is 398 g/mol. The van der Waals surface area contributed by atoms with Crippen molar-refractivity contribution in [1.82, 2.24) is 0 Å². The summed E-state index contributed by atoms with van der Waals surface area (Å²) in [5.74, 6) is 0. The highest BCUT2D eigenvalue weighted by molar-refractivity contribution is 7.85.